The zero-order chi connectivity index (χ0) is 15.2. The summed E-state index contributed by atoms with van der Waals surface area (Å²) in [5.41, 5.74) is 6.66. The van der Waals surface area contributed by atoms with Crippen LogP contribution >= 0.6 is 0 Å². The molecule has 1 heterocycles. The van der Waals surface area contributed by atoms with E-state index < -0.39 is 0 Å². The van der Waals surface area contributed by atoms with Crippen LogP contribution in [-0.4, -0.2) is 18.7 Å². The third kappa shape index (κ3) is 4.36. The molecule has 1 aromatic carbocycles. The van der Waals surface area contributed by atoms with Gasteiger partial charge in [0.1, 0.15) is 0 Å². The molecule has 5 heteroatoms. The number of para-hydroxylation sites is 1. The lowest BCUT2D eigenvalue weighted by Crippen LogP contribution is -2.29. The summed E-state index contributed by atoms with van der Waals surface area (Å²) < 4.78 is 10.7. The first-order chi connectivity index (χ1) is 10.1. The van der Waals surface area contributed by atoms with E-state index in [1.165, 1.54) is 0 Å². The van der Waals surface area contributed by atoms with Crippen molar-refractivity contribution in [3.05, 3.63) is 23.8 Å². The van der Waals surface area contributed by atoms with Gasteiger partial charge in [0.05, 0.1) is 0 Å². The summed E-state index contributed by atoms with van der Waals surface area (Å²) in [5, 5.41) is 2.96. The highest BCUT2D eigenvalue weighted by Crippen LogP contribution is 2.35. The van der Waals surface area contributed by atoms with Crippen LogP contribution in [0.4, 0.5) is 0 Å². The number of benzene rings is 1. The molecule has 0 radical (unpaired) electrons. The molecule has 0 aromatic heterocycles. The van der Waals surface area contributed by atoms with Gasteiger partial charge in [0, 0.05) is 24.1 Å². The minimum atomic E-state index is -0.00215. The van der Waals surface area contributed by atoms with Gasteiger partial charge in [0.2, 0.25) is 12.7 Å². The van der Waals surface area contributed by atoms with E-state index in [2.05, 4.69) is 5.32 Å². The smallest absolute Gasteiger partial charge is 0.231 e. The number of amides is 1. The maximum Gasteiger partial charge on any atom is 0.231 e. The van der Waals surface area contributed by atoms with Crippen LogP contribution < -0.4 is 20.5 Å². The molecule has 0 aliphatic carbocycles. The van der Waals surface area contributed by atoms with Crippen molar-refractivity contribution in [3.63, 3.8) is 0 Å². The molecular weight excluding hydrogens is 268 g/mol. The average Bonchev–Trinajstić information content (AvgIpc) is 2.93. The van der Waals surface area contributed by atoms with E-state index >= 15 is 0 Å². The van der Waals surface area contributed by atoms with E-state index in [4.69, 9.17) is 15.2 Å². The third-order valence-corrected chi connectivity index (χ3v) is 3.68. The van der Waals surface area contributed by atoms with Crippen molar-refractivity contribution in [2.24, 2.45) is 11.7 Å². The van der Waals surface area contributed by atoms with Crippen LogP contribution in [0.5, 0.6) is 11.5 Å². The van der Waals surface area contributed by atoms with Crippen molar-refractivity contribution in [1.29, 1.82) is 0 Å². The summed E-state index contributed by atoms with van der Waals surface area (Å²) in [6.07, 6.45) is 2.79. The molecule has 1 aliphatic heterocycles. The maximum absolute atomic E-state index is 12.1. The standard InChI is InChI=1S/C16H24N2O3/c1-11(5-3-6-12(2)17)16(19)18-9-13-7-4-8-14-15(13)21-10-20-14/h4,7-8,11-12H,3,5-6,9-10,17H2,1-2H3,(H,18,19). The van der Waals surface area contributed by atoms with Crippen LogP contribution in [0.25, 0.3) is 0 Å². The molecular formula is C16H24N2O3. The largest absolute Gasteiger partial charge is 0.454 e. The molecule has 2 rings (SSSR count). The maximum atomic E-state index is 12.1. The summed E-state index contributed by atoms with van der Waals surface area (Å²) in [7, 11) is 0. The molecule has 0 saturated heterocycles. The van der Waals surface area contributed by atoms with Crippen molar-refractivity contribution in [3.8, 4) is 11.5 Å². The summed E-state index contributed by atoms with van der Waals surface area (Å²) in [6, 6.07) is 5.91. The Hall–Kier alpha value is -1.75. The van der Waals surface area contributed by atoms with Crippen LogP contribution in [0.1, 0.15) is 38.7 Å². The number of nitrogens with two attached hydrogens (primary N) is 1. The Morgan fingerprint density at radius 2 is 2.14 bits per heavy atom. The van der Waals surface area contributed by atoms with Crippen molar-refractivity contribution >= 4 is 5.91 Å². The van der Waals surface area contributed by atoms with E-state index in [-0.39, 0.29) is 24.7 Å². The van der Waals surface area contributed by atoms with E-state index in [9.17, 15) is 4.79 Å². The van der Waals surface area contributed by atoms with Gasteiger partial charge in [-0.25, -0.2) is 0 Å². The molecule has 1 amide bonds. The molecule has 0 fully saturated rings. The third-order valence-electron chi connectivity index (χ3n) is 3.68. The SMILES string of the molecule is CC(N)CCCC(C)C(=O)NCc1cccc2c1OCO2. The second kappa shape index (κ2) is 7.31. The molecule has 0 spiro atoms. The van der Waals surface area contributed by atoms with Gasteiger partial charge in [0.25, 0.3) is 0 Å². The minimum Gasteiger partial charge on any atom is -0.454 e. The number of nitrogens with one attached hydrogen (secondary N) is 1. The Morgan fingerprint density at radius 1 is 1.33 bits per heavy atom. The first-order valence-corrected chi connectivity index (χ1v) is 7.48. The van der Waals surface area contributed by atoms with Gasteiger partial charge >= 0.3 is 0 Å². The number of hydrogen-bond donors (Lipinski definition) is 2. The van der Waals surface area contributed by atoms with E-state index in [0.29, 0.717) is 6.54 Å². The predicted molar refractivity (Wildman–Crippen MR) is 81.1 cm³/mol. The second-order valence-corrected chi connectivity index (χ2v) is 5.68. The van der Waals surface area contributed by atoms with Gasteiger partial charge in [-0.05, 0) is 25.8 Å². The lowest BCUT2D eigenvalue weighted by Gasteiger charge is -2.13. The van der Waals surface area contributed by atoms with Crippen LogP contribution in [0.15, 0.2) is 18.2 Å². The average molecular weight is 292 g/mol. The summed E-state index contributed by atoms with van der Waals surface area (Å²) >= 11 is 0. The zero-order valence-corrected chi connectivity index (χ0v) is 12.7. The summed E-state index contributed by atoms with van der Waals surface area (Å²) in [6.45, 7) is 4.64. The molecule has 1 aromatic rings. The Balaban J connectivity index is 1.80. The molecule has 116 valence electrons. The molecule has 2 atom stereocenters. The van der Waals surface area contributed by atoms with E-state index in [1.54, 1.807) is 0 Å². The Labute approximate surface area is 125 Å². The van der Waals surface area contributed by atoms with E-state index in [0.717, 1.165) is 36.3 Å². The molecule has 1 aliphatic rings. The molecule has 5 nitrogen and oxygen atoms in total. The Bertz CT molecular complexity index is 488. The normalized spacial score (nSPS) is 15.6. The van der Waals surface area contributed by atoms with Crippen molar-refractivity contribution in [1.82, 2.24) is 5.32 Å². The van der Waals surface area contributed by atoms with Gasteiger partial charge in [-0.2, -0.15) is 0 Å². The predicted octanol–water partition coefficient (Wildman–Crippen LogP) is 2.19. The Morgan fingerprint density at radius 3 is 2.90 bits per heavy atom. The number of carbonyl (C=O) groups excluding carboxylic acids is 1. The minimum absolute atomic E-state index is 0.00215. The monoisotopic (exact) mass is 292 g/mol. The highest BCUT2D eigenvalue weighted by atomic mass is 16.7. The fraction of sp³-hybridized carbons (Fsp3) is 0.562. The van der Waals surface area contributed by atoms with Gasteiger partial charge < -0.3 is 20.5 Å². The molecule has 21 heavy (non-hydrogen) atoms. The number of hydrogen-bond acceptors (Lipinski definition) is 4. The van der Waals surface area contributed by atoms with Gasteiger partial charge in [-0.3, -0.25) is 4.79 Å². The topological polar surface area (TPSA) is 73.6 Å². The molecule has 0 bridgehead atoms. The van der Waals surface area contributed by atoms with Crippen LogP contribution in [0, 0.1) is 5.92 Å². The van der Waals surface area contributed by atoms with Gasteiger partial charge in [-0.15, -0.1) is 0 Å². The molecule has 2 unspecified atom stereocenters. The number of carbonyl (C=O) groups is 1. The molecule has 0 saturated carbocycles. The number of rotatable bonds is 7. The fourth-order valence-corrected chi connectivity index (χ4v) is 2.36. The first-order valence-electron chi connectivity index (χ1n) is 7.48. The highest BCUT2D eigenvalue weighted by molar-refractivity contribution is 5.78. The Kier molecular flexibility index (Phi) is 5.44. The van der Waals surface area contributed by atoms with Crippen molar-refractivity contribution in [2.75, 3.05) is 6.79 Å². The van der Waals surface area contributed by atoms with E-state index in [1.807, 2.05) is 32.0 Å². The van der Waals surface area contributed by atoms with Crippen molar-refractivity contribution in [2.45, 2.75) is 45.7 Å². The van der Waals surface area contributed by atoms with Gasteiger partial charge in [0.15, 0.2) is 11.5 Å². The summed E-state index contributed by atoms with van der Waals surface area (Å²) in [5.74, 6) is 1.54. The fourth-order valence-electron chi connectivity index (χ4n) is 2.36. The highest BCUT2D eigenvalue weighted by Gasteiger charge is 2.18. The number of fused-ring (bicyclic) bond motifs is 1. The second-order valence-electron chi connectivity index (χ2n) is 5.68. The van der Waals surface area contributed by atoms with Crippen molar-refractivity contribution < 1.29 is 14.3 Å². The lowest BCUT2D eigenvalue weighted by molar-refractivity contribution is -0.124. The van der Waals surface area contributed by atoms with Crippen LogP contribution in [-0.2, 0) is 11.3 Å². The van der Waals surface area contributed by atoms with Crippen LogP contribution in [0.3, 0.4) is 0 Å². The van der Waals surface area contributed by atoms with Crippen LogP contribution in [0.2, 0.25) is 0 Å². The quantitative estimate of drug-likeness (QED) is 0.808. The summed E-state index contributed by atoms with van der Waals surface area (Å²) in [4.78, 5) is 12.1. The van der Waals surface area contributed by atoms with Gasteiger partial charge in [-0.1, -0.05) is 25.5 Å². The first kappa shape index (κ1) is 15.6. The number of ether oxygens (including phenoxy) is 2. The zero-order valence-electron chi connectivity index (χ0n) is 12.7. The molecule has 3 N–H and O–H groups in total. The lowest BCUT2D eigenvalue weighted by atomic mass is 10.0.